The van der Waals surface area contributed by atoms with Crippen LogP contribution in [0.5, 0.6) is 0 Å². The van der Waals surface area contributed by atoms with Gasteiger partial charge in [0.1, 0.15) is 19.8 Å². The largest absolute Gasteiger partial charge is 1.00 e. The maximum absolute atomic E-state index is 3.21. The second kappa shape index (κ2) is 4.19. The number of halogens is 1. The number of hydrogen-bond acceptors (Lipinski definition) is 0. The lowest BCUT2D eigenvalue weighted by molar-refractivity contribution is -0.458. The molecule has 0 unspecified atom stereocenters. The van der Waals surface area contributed by atoms with E-state index in [1.54, 1.807) is 0 Å². The highest BCUT2D eigenvalue weighted by Crippen LogP contribution is 1.95. The molecule has 0 fully saturated rings. The van der Waals surface area contributed by atoms with E-state index in [4.69, 9.17) is 0 Å². The SMILES string of the molecule is Cc1ccc(C=[N+](C)C)[nH]1.[Cl-]. The van der Waals surface area contributed by atoms with Gasteiger partial charge in [-0.05, 0) is 19.1 Å². The van der Waals surface area contributed by atoms with Gasteiger partial charge in [0.2, 0.25) is 0 Å². The molecule has 1 rings (SSSR count). The van der Waals surface area contributed by atoms with Gasteiger partial charge in [-0.2, -0.15) is 0 Å². The molecule has 0 radical (unpaired) electrons. The molecule has 1 N–H and O–H groups in total. The zero-order valence-electron chi connectivity index (χ0n) is 7.06. The lowest BCUT2D eigenvalue weighted by Crippen LogP contribution is -3.00. The molecule has 0 aliphatic heterocycles. The maximum atomic E-state index is 3.21. The third kappa shape index (κ3) is 3.23. The average Bonchev–Trinajstić information content (AvgIpc) is 2.13. The van der Waals surface area contributed by atoms with Crippen LogP contribution in [0.2, 0.25) is 0 Å². The van der Waals surface area contributed by atoms with Gasteiger partial charge in [-0.3, -0.25) is 0 Å². The molecular formula is C8H13ClN2. The van der Waals surface area contributed by atoms with E-state index in [1.165, 1.54) is 5.69 Å². The minimum Gasteiger partial charge on any atom is -1.00 e. The van der Waals surface area contributed by atoms with Crippen molar-refractivity contribution in [2.45, 2.75) is 6.92 Å². The van der Waals surface area contributed by atoms with Crippen LogP contribution >= 0.6 is 0 Å². The Balaban J connectivity index is 0.000001000. The van der Waals surface area contributed by atoms with Crippen LogP contribution in [0, 0.1) is 6.92 Å². The molecule has 0 spiro atoms. The summed E-state index contributed by atoms with van der Waals surface area (Å²) in [5.41, 5.74) is 2.36. The van der Waals surface area contributed by atoms with Crippen LogP contribution in [0.1, 0.15) is 11.4 Å². The molecule has 0 atom stereocenters. The van der Waals surface area contributed by atoms with Gasteiger partial charge < -0.3 is 17.4 Å². The van der Waals surface area contributed by atoms with Crippen molar-refractivity contribution in [1.29, 1.82) is 0 Å². The van der Waals surface area contributed by atoms with Crippen LogP contribution in [-0.2, 0) is 0 Å². The molecule has 0 saturated carbocycles. The van der Waals surface area contributed by atoms with Gasteiger partial charge in [-0.15, -0.1) is 0 Å². The third-order valence-corrected chi connectivity index (χ3v) is 1.25. The Hall–Kier alpha value is -0.760. The zero-order chi connectivity index (χ0) is 7.56. The Kier molecular flexibility index (Phi) is 3.90. The standard InChI is InChI=1S/C8H12N2.ClH/c1-7-4-5-8(9-7)6-10(2)3;/h4-6H,1-3H3;1H. The monoisotopic (exact) mass is 172 g/mol. The summed E-state index contributed by atoms with van der Waals surface area (Å²) in [4.78, 5) is 3.21. The summed E-state index contributed by atoms with van der Waals surface area (Å²) in [6.45, 7) is 2.05. The Morgan fingerprint density at radius 3 is 2.36 bits per heavy atom. The fourth-order valence-corrected chi connectivity index (χ4v) is 0.879. The van der Waals surface area contributed by atoms with Gasteiger partial charge in [0.25, 0.3) is 0 Å². The van der Waals surface area contributed by atoms with E-state index in [2.05, 4.69) is 17.1 Å². The summed E-state index contributed by atoms with van der Waals surface area (Å²) < 4.78 is 2.02. The number of H-pyrrole nitrogens is 1. The fourth-order valence-electron chi connectivity index (χ4n) is 0.879. The van der Waals surface area contributed by atoms with E-state index in [0.29, 0.717) is 0 Å². The van der Waals surface area contributed by atoms with Gasteiger partial charge in [0.15, 0.2) is 6.21 Å². The smallest absolute Gasteiger partial charge is 0.186 e. The first-order valence-electron chi connectivity index (χ1n) is 3.35. The summed E-state index contributed by atoms with van der Waals surface area (Å²) in [6, 6.07) is 4.13. The second-order valence-electron chi connectivity index (χ2n) is 2.69. The van der Waals surface area contributed by atoms with Crippen molar-refractivity contribution in [3.05, 3.63) is 23.5 Å². The summed E-state index contributed by atoms with van der Waals surface area (Å²) in [5.74, 6) is 0. The molecule has 0 saturated heterocycles. The van der Waals surface area contributed by atoms with Gasteiger partial charge in [0, 0.05) is 5.69 Å². The van der Waals surface area contributed by atoms with Crippen molar-refractivity contribution in [2.75, 3.05) is 14.1 Å². The summed E-state index contributed by atoms with van der Waals surface area (Å²) in [6.07, 6.45) is 2.05. The molecular weight excluding hydrogens is 160 g/mol. The van der Waals surface area contributed by atoms with E-state index >= 15 is 0 Å². The van der Waals surface area contributed by atoms with Crippen molar-refractivity contribution in [3.63, 3.8) is 0 Å². The Labute approximate surface area is 73.4 Å². The Bertz CT molecular complexity index is 246. The van der Waals surface area contributed by atoms with E-state index in [-0.39, 0.29) is 12.4 Å². The van der Waals surface area contributed by atoms with Crippen molar-refractivity contribution < 1.29 is 17.0 Å². The highest BCUT2D eigenvalue weighted by atomic mass is 35.5. The summed E-state index contributed by atoms with van der Waals surface area (Å²) in [7, 11) is 4.02. The van der Waals surface area contributed by atoms with Crippen LogP contribution in [0.15, 0.2) is 12.1 Å². The Morgan fingerprint density at radius 1 is 1.36 bits per heavy atom. The van der Waals surface area contributed by atoms with Gasteiger partial charge in [-0.1, -0.05) is 0 Å². The summed E-state index contributed by atoms with van der Waals surface area (Å²) in [5, 5.41) is 0. The van der Waals surface area contributed by atoms with Gasteiger partial charge in [-0.25, -0.2) is 4.58 Å². The topological polar surface area (TPSA) is 18.8 Å². The van der Waals surface area contributed by atoms with Crippen LogP contribution in [0.25, 0.3) is 0 Å². The highest BCUT2D eigenvalue weighted by molar-refractivity contribution is 5.72. The number of aromatic nitrogens is 1. The third-order valence-electron chi connectivity index (χ3n) is 1.25. The average molecular weight is 173 g/mol. The maximum Gasteiger partial charge on any atom is 0.186 e. The van der Waals surface area contributed by atoms with E-state index in [1.807, 2.05) is 31.8 Å². The predicted molar refractivity (Wildman–Crippen MR) is 42.8 cm³/mol. The van der Waals surface area contributed by atoms with Crippen molar-refractivity contribution in [2.24, 2.45) is 0 Å². The zero-order valence-corrected chi connectivity index (χ0v) is 7.81. The number of aromatic amines is 1. The minimum absolute atomic E-state index is 0. The quantitative estimate of drug-likeness (QED) is 0.374. The first kappa shape index (κ1) is 10.2. The molecule has 62 valence electrons. The number of nitrogens with one attached hydrogen (secondary N) is 1. The van der Waals surface area contributed by atoms with E-state index in [0.717, 1.165) is 5.69 Å². The predicted octanol–water partition coefficient (Wildman–Crippen LogP) is -1.98. The lowest BCUT2D eigenvalue weighted by atomic mass is 10.4. The molecule has 1 heterocycles. The molecule has 11 heavy (non-hydrogen) atoms. The molecule has 0 aromatic carbocycles. The number of rotatable bonds is 1. The van der Waals surface area contributed by atoms with Gasteiger partial charge in [0.05, 0.1) is 0 Å². The van der Waals surface area contributed by atoms with Crippen LogP contribution in [0.3, 0.4) is 0 Å². The number of aryl methyl sites for hydroxylation is 1. The van der Waals surface area contributed by atoms with E-state index < -0.39 is 0 Å². The molecule has 0 bridgehead atoms. The molecule has 0 amide bonds. The summed E-state index contributed by atoms with van der Waals surface area (Å²) >= 11 is 0. The molecule has 1 aromatic heterocycles. The molecule has 0 aliphatic carbocycles. The second-order valence-corrected chi connectivity index (χ2v) is 2.69. The van der Waals surface area contributed by atoms with Crippen LogP contribution in [0.4, 0.5) is 0 Å². The highest BCUT2D eigenvalue weighted by Gasteiger charge is 1.93. The first-order chi connectivity index (χ1) is 4.68. The first-order valence-corrected chi connectivity index (χ1v) is 3.35. The van der Waals surface area contributed by atoms with Crippen molar-refractivity contribution in [1.82, 2.24) is 4.98 Å². The molecule has 3 heteroatoms. The normalized spacial score (nSPS) is 8.64. The van der Waals surface area contributed by atoms with Gasteiger partial charge >= 0.3 is 0 Å². The van der Waals surface area contributed by atoms with Crippen LogP contribution < -0.4 is 12.4 Å². The minimum atomic E-state index is 0. The Morgan fingerprint density at radius 2 is 2.00 bits per heavy atom. The number of nitrogens with zero attached hydrogens (tertiary/aromatic N) is 1. The lowest BCUT2D eigenvalue weighted by Gasteiger charge is -1.83. The molecule has 1 aromatic rings. The van der Waals surface area contributed by atoms with Crippen molar-refractivity contribution >= 4 is 6.21 Å². The van der Waals surface area contributed by atoms with E-state index in [9.17, 15) is 0 Å². The molecule has 2 nitrogen and oxygen atoms in total. The van der Waals surface area contributed by atoms with Crippen LogP contribution in [-0.4, -0.2) is 29.9 Å². The molecule has 0 aliphatic rings. The van der Waals surface area contributed by atoms with Crippen molar-refractivity contribution in [3.8, 4) is 0 Å². The number of hydrogen-bond donors (Lipinski definition) is 1. The fraction of sp³-hybridized carbons (Fsp3) is 0.375.